The summed E-state index contributed by atoms with van der Waals surface area (Å²) in [7, 11) is 4.63. The molecule has 0 saturated carbocycles. The molecule has 0 spiro atoms. The summed E-state index contributed by atoms with van der Waals surface area (Å²) in [5, 5.41) is 0.652. The van der Waals surface area contributed by atoms with Crippen molar-refractivity contribution < 1.29 is 23.8 Å². The molecule has 1 aromatic rings. The topological polar surface area (TPSA) is 77.4 Å². The highest BCUT2D eigenvalue weighted by Crippen LogP contribution is 2.34. The molecule has 7 nitrogen and oxygen atoms in total. The van der Waals surface area contributed by atoms with Gasteiger partial charge in [0.05, 0.1) is 18.6 Å². The third kappa shape index (κ3) is 4.54. The molecule has 1 amide bonds. The summed E-state index contributed by atoms with van der Waals surface area (Å²) >= 11 is 1.32. The standard InChI is InChI=1S/C17H20N2O5S/c1-5-23-13-8-11(6-7-12(13)24-10-15(20)22-4)9-14-16(21)19(3)17(18-2)25-14/h6-9H,5,10H2,1-4H3/b14-9+,18-17?. The number of amides is 1. The third-order valence-corrected chi connectivity index (χ3v) is 4.48. The Bertz CT molecular complexity index is 730. The molecular weight excluding hydrogens is 344 g/mol. The first kappa shape index (κ1) is 18.9. The van der Waals surface area contributed by atoms with Gasteiger partial charge in [-0.05, 0) is 42.5 Å². The SMILES string of the molecule is CCOc1cc(/C=C2/SC(=NC)N(C)C2=O)ccc1OCC(=O)OC. The van der Waals surface area contributed by atoms with E-state index in [-0.39, 0.29) is 12.5 Å². The number of hydrogen-bond acceptors (Lipinski definition) is 7. The molecule has 0 atom stereocenters. The molecule has 1 fully saturated rings. The number of carbonyl (C=O) groups is 2. The van der Waals surface area contributed by atoms with Gasteiger partial charge >= 0.3 is 5.97 Å². The predicted octanol–water partition coefficient (Wildman–Crippen LogP) is 2.17. The van der Waals surface area contributed by atoms with Crippen molar-refractivity contribution in [3.05, 3.63) is 28.7 Å². The van der Waals surface area contributed by atoms with Gasteiger partial charge in [-0.25, -0.2) is 4.79 Å². The number of hydrogen-bond donors (Lipinski definition) is 0. The number of rotatable bonds is 6. The van der Waals surface area contributed by atoms with E-state index in [1.165, 1.54) is 23.8 Å². The fourth-order valence-electron chi connectivity index (χ4n) is 2.10. The monoisotopic (exact) mass is 364 g/mol. The maximum absolute atomic E-state index is 12.2. The van der Waals surface area contributed by atoms with Gasteiger partial charge in [0.1, 0.15) is 0 Å². The van der Waals surface area contributed by atoms with Gasteiger partial charge in [0.2, 0.25) is 0 Å². The number of nitrogens with zero attached hydrogens (tertiary/aromatic N) is 2. The van der Waals surface area contributed by atoms with Crippen molar-refractivity contribution in [3.8, 4) is 11.5 Å². The minimum Gasteiger partial charge on any atom is -0.490 e. The second-order valence-electron chi connectivity index (χ2n) is 4.98. The van der Waals surface area contributed by atoms with Crippen molar-refractivity contribution in [3.63, 3.8) is 0 Å². The summed E-state index contributed by atoms with van der Waals surface area (Å²) in [5.74, 6) is 0.354. The Labute approximate surface area is 150 Å². The highest BCUT2D eigenvalue weighted by molar-refractivity contribution is 8.18. The lowest BCUT2D eigenvalue weighted by atomic mass is 10.2. The second-order valence-corrected chi connectivity index (χ2v) is 5.99. The Balaban J connectivity index is 2.25. The van der Waals surface area contributed by atoms with E-state index >= 15 is 0 Å². The van der Waals surface area contributed by atoms with Crippen molar-refractivity contribution in [1.82, 2.24) is 4.90 Å². The Morgan fingerprint density at radius 1 is 1.32 bits per heavy atom. The summed E-state index contributed by atoms with van der Waals surface area (Å²) in [6.45, 7) is 2.09. The minimum absolute atomic E-state index is 0.102. The smallest absolute Gasteiger partial charge is 0.343 e. The van der Waals surface area contributed by atoms with Crippen molar-refractivity contribution >= 4 is 34.9 Å². The van der Waals surface area contributed by atoms with Gasteiger partial charge in [0, 0.05) is 14.1 Å². The fourth-order valence-corrected chi connectivity index (χ4v) is 3.03. The van der Waals surface area contributed by atoms with E-state index in [2.05, 4.69) is 9.73 Å². The van der Waals surface area contributed by atoms with Gasteiger partial charge in [-0.15, -0.1) is 0 Å². The zero-order valence-electron chi connectivity index (χ0n) is 14.6. The number of ether oxygens (including phenoxy) is 3. The second kappa shape index (κ2) is 8.57. The molecule has 0 bridgehead atoms. The molecule has 0 radical (unpaired) electrons. The number of amidine groups is 1. The maximum atomic E-state index is 12.2. The quantitative estimate of drug-likeness (QED) is 0.569. The van der Waals surface area contributed by atoms with E-state index in [1.54, 1.807) is 38.4 Å². The largest absolute Gasteiger partial charge is 0.490 e. The normalized spacial score (nSPS) is 17.3. The van der Waals surface area contributed by atoms with Crippen molar-refractivity contribution in [2.45, 2.75) is 6.92 Å². The van der Waals surface area contributed by atoms with Crippen LogP contribution in [0.5, 0.6) is 11.5 Å². The molecule has 8 heteroatoms. The number of methoxy groups -OCH3 is 1. The molecule has 25 heavy (non-hydrogen) atoms. The van der Waals surface area contributed by atoms with Crippen molar-refractivity contribution in [1.29, 1.82) is 0 Å². The zero-order chi connectivity index (χ0) is 18.4. The van der Waals surface area contributed by atoms with Crippen LogP contribution in [0.15, 0.2) is 28.1 Å². The van der Waals surface area contributed by atoms with Crippen LogP contribution in [-0.2, 0) is 14.3 Å². The minimum atomic E-state index is -0.476. The molecule has 1 aliphatic rings. The van der Waals surface area contributed by atoms with Crippen LogP contribution in [-0.4, -0.2) is 56.4 Å². The molecule has 1 saturated heterocycles. The van der Waals surface area contributed by atoms with E-state index in [9.17, 15) is 9.59 Å². The molecule has 0 unspecified atom stereocenters. The Kier molecular flexibility index (Phi) is 6.46. The van der Waals surface area contributed by atoms with Crippen LogP contribution in [0.3, 0.4) is 0 Å². The van der Waals surface area contributed by atoms with E-state index in [4.69, 9.17) is 9.47 Å². The van der Waals surface area contributed by atoms with Crippen LogP contribution in [0.25, 0.3) is 6.08 Å². The molecule has 0 aliphatic carbocycles. The van der Waals surface area contributed by atoms with Crippen LogP contribution in [0, 0.1) is 0 Å². The molecule has 0 aromatic heterocycles. The summed E-state index contributed by atoms with van der Waals surface area (Å²) in [6.07, 6.45) is 1.77. The van der Waals surface area contributed by atoms with Gasteiger partial charge in [-0.1, -0.05) is 6.07 Å². The van der Waals surface area contributed by atoms with Crippen LogP contribution in [0.4, 0.5) is 0 Å². The van der Waals surface area contributed by atoms with Gasteiger partial charge in [0.15, 0.2) is 23.3 Å². The summed E-state index contributed by atoms with van der Waals surface area (Å²) in [4.78, 5) is 29.6. The zero-order valence-corrected chi connectivity index (χ0v) is 15.4. The molecule has 1 aromatic carbocycles. The third-order valence-electron chi connectivity index (χ3n) is 3.33. The Morgan fingerprint density at radius 3 is 2.68 bits per heavy atom. The lowest BCUT2D eigenvalue weighted by Gasteiger charge is -2.12. The number of carbonyl (C=O) groups excluding carboxylic acids is 2. The Hall–Kier alpha value is -2.48. The van der Waals surface area contributed by atoms with Crippen LogP contribution in [0.1, 0.15) is 12.5 Å². The van der Waals surface area contributed by atoms with Crippen LogP contribution >= 0.6 is 11.8 Å². The maximum Gasteiger partial charge on any atom is 0.343 e. The van der Waals surface area contributed by atoms with Crippen LogP contribution in [0.2, 0.25) is 0 Å². The molecule has 0 N–H and O–H groups in total. The van der Waals surface area contributed by atoms with Crippen LogP contribution < -0.4 is 9.47 Å². The van der Waals surface area contributed by atoms with Crippen molar-refractivity contribution in [2.75, 3.05) is 34.4 Å². The molecular formula is C17H20N2O5S. The highest BCUT2D eigenvalue weighted by atomic mass is 32.2. The number of benzene rings is 1. The molecule has 2 rings (SSSR count). The van der Waals surface area contributed by atoms with E-state index in [1.807, 2.05) is 6.92 Å². The van der Waals surface area contributed by atoms with Gasteiger partial charge in [-0.2, -0.15) is 0 Å². The first-order valence-corrected chi connectivity index (χ1v) is 8.42. The lowest BCUT2D eigenvalue weighted by molar-refractivity contribution is -0.142. The lowest BCUT2D eigenvalue weighted by Crippen LogP contribution is -2.23. The first-order chi connectivity index (χ1) is 12.0. The van der Waals surface area contributed by atoms with Crippen molar-refractivity contribution in [2.24, 2.45) is 4.99 Å². The number of aliphatic imine (C=N–C) groups is 1. The average molecular weight is 364 g/mol. The molecule has 1 aliphatic heterocycles. The van der Waals surface area contributed by atoms with E-state index in [0.717, 1.165) is 5.56 Å². The summed E-state index contributed by atoms with van der Waals surface area (Å²) in [6, 6.07) is 5.25. The fraction of sp³-hybridized carbons (Fsp3) is 0.353. The molecule has 134 valence electrons. The number of thioether (sulfide) groups is 1. The van der Waals surface area contributed by atoms with Gasteiger partial charge in [0.25, 0.3) is 5.91 Å². The average Bonchev–Trinajstić information content (AvgIpc) is 2.88. The Morgan fingerprint density at radius 2 is 2.08 bits per heavy atom. The van der Waals surface area contributed by atoms with Gasteiger partial charge in [-0.3, -0.25) is 14.7 Å². The van der Waals surface area contributed by atoms with E-state index < -0.39 is 5.97 Å². The number of likely N-dealkylation sites (N-methyl/N-ethyl adjacent to an activating group) is 1. The van der Waals surface area contributed by atoms with E-state index in [0.29, 0.717) is 28.2 Å². The molecule has 1 heterocycles. The number of esters is 1. The highest BCUT2D eigenvalue weighted by Gasteiger charge is 2.29. The summed E-state index contributed by atoms with van der Waals surface area (Å²) in [5.41, 5.74) is 0.787. The first-order valence-electron chi connectivity index (χ1n) is 7.61. The van der Waals surface area contributed by atoms with Gasteiger partial charge < -0.3 is 14.2 Å². The predicted molar refractivity (Wildman–Crippen MR) is 96.8 cm³/mol. The summed E-state index contributed by atoms with van der Waals surface area (Å²) < 4.78 is 15.5.